The van der Waals surface area contributed by atoms with Crippen LogP contribution in [-0.4, -0.2) is 21.3 Å². The molecule has 6 nitrogen and oxygen atoms in total. The van der Waals surface area contributed by atoms with Gasteiger partial charge in [-0.3, -0.25) is 4.79 Å². The zero-order valence-corrected chi connectivity index (χ0v) is 10.7. The standard InChI is InChI=1S/C13H14N2O4/c1-8-3-4-9(2)10(5-8)18-7-12-15-14-11(19-12)6-13(16)17/h3-5H,6-7H2,1-2H3,(H,16,17). The minimum absolute atomic E-state index is 0.0760. The molecule has 1 aromatic carbocycles. The molecule has 2 aromatic rings. The van der Waals surface area contributed by atoms with Crippen LogP contribution in [0.3, 0.4) is 0 Å². The number of aryl methyl sites for hydroxylation is 2. The highest BCUT2D eigenvalue weighted by Crippen LogP contribution is 2.20. The van der Waals surface area contributed by atoms with E-state index in [4.69, 9.17) is 14.3 Å². The van der Waals surface area contributed by atoms with Gasteiger partial charge in [0.2, 0.25) is 5.89 Å². The summed E-state index contributed by atoms with van der Waals surface area (Å²) in [6.07, 6.45) is -0.281. The predicted octanol–water partition coefficient (Wildman–Crippen LogP) is 1.89. The fourth-order valence-corrected chi connectivity index (χ4v) is 1.55. The number of nitrogens with zero attached hydrogens (tertiary/aromatic N) is 2. The van der Waals surface area contributed by atoms with Crippen LogP contribution in [0.2, 0.25) is 0 Å². The summed E-state index contributed by atoms with van der Waals surface area (Å²) in [6.45, 7) is 4.04. The lowest BCUT2D eigenvalue weighted by atomic mass is 10.1. The number of hydrogen-bond donors (Lipinski definition) is 1. The van der Waals surface area contributed by atoms with Crippen molar-refractivity contribution >= 4 is 5.97 Å². The Hall–Kier alpha value is -2.37. The summed E-state index contributed by atoms with van der Waals surface area (Å²) in [4.78, 5) is 10.5. The van der Waals surface area contributed by atoms with Crippen molar-refractivity contribution in [1.29, 1.82) is 0 Å². The van der Waals surface area contributed by atoms with Gasteiger partial charge in [0.15, 0.2) is 6.61 Å². The lowest BCUT2D eigenvalue weighted by Gasteiger charge is -2.07. The molecule has 1 N–H and O–H groups in total. The van der Waals surface area contributed by atoms with Crippen molar-refractivity contribution in [1.82, 2.24) is 10.2 Å². The summed E-state index contributed by atoms with van der Waals surface area (Å²) in [5, 5.41) is 16.0. The van der Waals surface area contributed by atoms with Crippen molar-refractivity contribution in [3.63, 3.8) is 0 Å². The summed E-state index contributed by atoms with van der Waals surface area (Å²) >= 11 is 0. The molecule has 0 amide bonds. The first-order valence-corrected chi connectivity index (χ1v) is 5.77. The van der Waals surface area contributed by atoms with Gasteiger partial charge in [0.05, 0.1) is 0 Å². The largest absolute Gasteiger partial charge is 0.484 e. The van der Waals surface area contributed by atoms with E-state index in [1.165, 1.54) is 0 Å². The molecule has 0 aliphatic rings. The molecule has 0 fully saturated rings. The van der Waals surface area contributed by atoms with Crippen molar-refractivity contribution in [2.24, 2.45) is 0 Å². The molecule has 0 atom stereocenters. The predicted molar refractivity (Wildman–Crippen MR) is 65.9 cm³/mol. The minimum atomic E-state index is -1.01. The lowest BCUT2D eigenvalue weighted by Crippen LogP contribution is -1.99. The van der Waals surface area contributed by atoms with Crippen LogP contribution in [-0.2, 0) is 17.8 Å². The van der Waals surface area contributed by atoms with E-state index in [0.29, 0.717) is 0 Å². The van der Waals surface area contributed by atoms with Gasteiger partial charge >= 0.3 is 5.97 Å². The Morgan fingerprint density at radius 3 is 2.79 bits per heavy atom. The summed E-state index contributed by atoms with van der Waals surface area (Å²) in [7, 11) is 0. The van der Waals surface area contributed by atoms with Crippen LogP contribution in [0.4, 0.5) is 0 Å². The smallest absolute Gasteiger partial charge is 0.312 e. The van der Waals surface area contributed by atoms with E-state index in [-0.39, 0.29) is 24.8 Å². The van der Waals surface area contributed by atoms with Crippen molar-refractivity contribution < 1.29 is 19.1 Å². The highest BCUT2D eigenvalue weighted by atomic mass is 16.5. The number of benzene rings is 1. The van der Waals surface area contributed by atoms with Crippen molar-refractivity contribution in [3.8, 4) is 5.75 Å². The van der Waals surface area contributed by atoms with E-state index in [2.05, 4.69) is 10.2 Å². The maximum absolute atomic E-state index is 10.5. The maximum atomic E-state index is 10.5. The summed E-state index contributed by atoms with van der Waals surface area (Å²) in [5.41, 5.74) is 2.11. The highest BCUT2D eigenvalue weighted by Gasteiger charge is 2.10. The molecule has 0 radical (unpaired) electrons. The molecule has 0 unspecified atom stereocenters. The molecule has 0 aliphatic carbocycles. The number of carbonyl (C=O) groups is 1. The van der Waals surface area contributed by atoms with Gasteiger partial charge in [0.1, 0.15) is 12.2 Å². The Labute approximate surface area is 110 Å². The monoisotopic (exact) mass is 262 g/mol. The topological polar surface area (TPSA) is 85.5 Å². The quantitative estimate of drug-likeness (QED) is 0.885. The number of carboxylic acids is 1. The SMILES string of the molecule is Cc1ccc(C)c(OCc2nnc(CC(=O)O)o2)c1. The van der Waals surface area contributed by atoms with E-state index in [0.717, 1.165) is 16.9 Å². The molecule has 0 bridgehead atoms. The Balaban J connectivity index is 2.00. The van der Waals surface area contributed by atoms with Crippen LogP contribution < -0.4 is 4.74 Å². The minimum Gasteiger partial charge on any atom is -0.484 e. The molecular weight excluding hydrogens is 248 g/mol. The number of aliphatic carboxylic acids is 1. The maximum Gasteiger partial charge on any atom is 0.312 e. The van der Waals surface area contributed by atoms with E-state index < -0.39 is 5.97 Å². The Morgan fingerprint density at radius 1 is 1.32 bits per heavy atom. The summed E-state index contributed by atoms with van der Waals surface area (Å²) in [6, 6.07) is 5.89. The summed E-state index contributed by atoms with van der Waals surface area (Å²) in [5.74, 6) is 0.0767. The number of hydrogen-bond acceptors (Lipinski definition) is 5. The Bertz CT molecular complexity index is 592. The fourth-order valence-electron chi connectivity index (χ4n) is 1.55. The summed E-state index contributed by atoms with van der Waals surface area (Å²) < 4.78 is 10.7. The number of carboxylic acid groups (broad SMARTS) is 1. The van der Waals surface area contributed by atoms with Crippen LogP contribution >= 0.6 is 0 Å². The Morgan fingerprint density at radius 2 is 2.05 bits per heavy atom. The first-order valence-electron chi connectivity index (χ1n) is 5.77. The molecule has 2 rings (SSSR count). The van der Waals surface area contributed by atoms with E-state index in [1.54, 1.807) is 0 Å². The normalized spacial score (nSPS) is 10.4. The van der Waals surface area contributed by atoms with Crippen LogP contribution in [0.5, 0.6) is 5.75 Å². The van der Waals surface area contributed by atoms with Gasteiger partial charge in [-0.2, -0.15) is 0 Å². The molecule has 0 spiro atoms. The molecule has 0 saturated heterocycles. The fraction of sp³-hybridized carbons (Fsp3) is 0.308. The second kappa shape index (κ2) is 5.51. The molecule has 100 valence electrons. The van der Waals surface area contributed by atoms with Gasteiger partial charge in [0, 0.05) is 0 Å². The van der Waals surface area contributed by atoms with Gasteiger partial charge in [-0.25, -0.2) is 0 Å². The van der Waals surface area contributed by atoms with Gasteiger partial charge in [-0.15, -0.1) is 10.2 Å². The molecule has 19 heavy (non-hydrogen) atoms. The zero-order valence-electron chi connectivity index (χ0n) is 10.7. The van der Waals surface area contributed by atoms with Crippen molar-refractivity contribution in [2.75, 3.05) is 0 Å². The second-order valence-corrected chi connectivity index (χ2v) is 4.22. The molecule has 6 heteroatoms. The first kappa shape index (κ1) is 13.1. The highest BCUT2D eigenvalue weighted by molar-refractivity contribution is 5.68. The third kappa shape index (κ3) is 3.54. The first-order chi connectivity index (χ1) is 9.04. The number of aromatic nitrogens is 2. The van der Waals surface area contributed by atoms with Crippen molar-refractivity contribution in [3.05, 3.63) is 41.1 Å². The zero-order chi connectivity index (χ0) is 13.8. The molecular formula is C13H14N2O4. The van der Waals surface area contributed by atoms with Crippen molar-refractivity contribution in [2.45, 2.75) is 26.9 Å². The van der Waals surface area contributed by atoms with E-state index >= 15 is 0 Å². The van der Waals surface area contributed by atoms with Crippen LogP contribution in [0.1, 0.15) is 22.9 Å². The van der Waals surface area contributed by atoms with Crippen LogP contribution in [0.25, 0.3) is 0 Å². The molecule has 1 aromatic heterocycles. The van der Waals surface area contributed by atoms with Gasteiger partial charge in [-0.05, 0) is 31.0 Å². The van der Waals surface area contributed by atoms with Crippen LogP contribution in [0, 0.1) is 13.8 Å². The lowest BCUT2D eigenvalue weighted by molar-refractivity contribution is -0.136. The average molecular weight is 262 g/mol. The van der Waals surface area contributed by atoms with Gasteiger partial charge in [-0.1, -0.05) is 12.1 Å². The molecule has 0 saturated carbocycles. The van der Waals surface area contributed by atoms with Crippen LogP contribution in [0.15, 0.2) is 22.6 Å². The van der Waals surface area contributed by atoms with E-state index in [1.807, 2.05) is 32.0 Å². The third-order valence-corrected chi connectivity index (χ3v) is 2.51. The number of rotatable bonds is 5. The average Bonchev–Trinajstić information content (AvgIpc) is 2.77. The molecule has 1 heterocycles. The molecule has 0 aliphatic heterocycles. The third-order valence-electron chi connectivity index (χ3n) is 2.51. The second-order valence-electron chi connectivity index (χ2n) is 4.22. The van der Waals surface area contributed by atoms with Gasteiger partial charge < -0.3 is 14.3 Å². The number of ether oxygens (including phenoxy) is 1. The Kier molecular flexibility index (Phi) is 3.79. The van der Waals surface area contributed by atoms with Gasteiger partial charge in [0.25, 0.3) is 5.89 Å². The van der Waals surface area contributed by atoms with E-state index in [9.17, 15) is 4.79 Å².